The summed E-state index contributed by atoms with van der Waals surface area (Å²) in [5.74, 6) is 1.27. The summed E-state index contributed by atoms with van der Waals surface area (Å²) in [4.78, 5) is 12.5. The Morgan fingerprint density at radius 3 is 2.58 bits per heavy atom. The van der Waals surface area contributed by atoms with Gasteiger partial charge in [0, 0.05) is 5.56 Å². The van der Waals surface area contributed by atoms with Crippen LogP contribution in [-0.4, -0.2) is 19.0 Å². The first-order valence-electron chi connectivity index (χ1n) is 7.91. The lowest BCUT2D eigenvalue weighted by atomic mass is 10.0. The minimum atomic E-state index is -0.0556. The quantitative estimate of drug-likeness (QED) is 0.527. The SMILES string of the molecule is O=C(/C=C\c1cccc2ccccc12)c1ccc2c(c1)OCCO2. The zero-order valence-electron chi connectivity index (χ0n) is 13.1. The van der Waals surface area contributed by atoms with Crippen molar-refractivity contribution >= 4 is 22.6 Å². The molecule has 0 aliphatic carbocycles. The van der Waals surface area contributed by atoms with E-state index in [1.807, 2.05) is 30.3 Å². The number of allylic oxidation sites excluding steroid dienone is 1. The third-order valence-electron chi connectivity index (χ3n) is 4.06. The van der Waals surface area contributed by atoms with Gasteiger partial charge in [0.2, 0.25) is 0 Å². The molecule has 0 atom stereocenters. The highest BCUT2D eigenvalue weighted by atomic mass is 16.6. The smallest absolute Gasteiger partial charge is 0.185 e. The number of benzene rings is 3. The molecular formula is C21H16O3. The maximum Gasteiger partial charge on any atom is 0.185 e. The van der Waals surface area contributed by atoms with Crippen LogP contribution in [0, 0.1) is 0 Å². The highest BCUT2D eigenvalue weighted by molar-refractivity contribution is 6.08. The van der Waals surface area contributed by atoms with Crippen LogP contribution < -0.4 is 9.47 Å². The Labute approximate surface area is 140 Å². The molecule has 118 valence electrons. The molecule has 0 aromatic heterocycles. The van der Waals surface area contributed by atoms with Crippen LogP contribution in [0.25, 0.3) is 16.8 Å². The minimum Gasteiger partial charge on any atom is -0.486 e. The van der Waals surface area contributed by atoms with E-state index < -0.39 is 0 Å². The van der Waals surface area contributed by atoms with Crippen LogP contribution in [0.5, 0.6) is 11.5 Å². The average Bonchev–Trinajstić information content (AvgIpc) is 2.65. The Morgan fingerprint density at radius 2 is 1.67 bits per heavy atom. The van der Waals surface area contributed by atoms with Gasteiger partial charge in [-0.25, -0.2) is 0 Å². The van der Waals surface area contributed by atoms with Gasteiger partial charge in [-0.3, -0.25) is 4.79 Å². The molecule has 3 nitrogen and oxygen atoms in total. The Bertz CT molecular complexity index is 935. The van der Waals surface area contributed by atoms with E-state index in [0.29, 0.717) is 30.3 Å². The molecule has 3 aromatic carbocycles. The first kappa shape index (κ1) is 14.5. The van der Waals surface area contributed by atoms with Gasteiger partial charge in [-0.1, -0.05) is 48.5 Å². The average molecular weight is 316 g/mol. The Hall–Kier alpha value is -3.07. The summed E-state index contributed by atoms with van der Waals surface area (Å²) in [5.41, 5.74) is 1.62. The third kappa shape index (κ3) is 2.76. The van der Waals surface area contributed by atoms with Gasteiger partial charge in [0.1, 0.15) is 13.2 Å². The van der Waals surface area contributed by atoms with Crippen molar-refractivity contribution in [2.75, 3.05) is 13.2 Å². The number of hydrogen-bond acceptors (Lipinski definition) is 3. The van der Waals surface area contributed by atoms with E-state index in [2.05, 4.69) is 18.2 Å². The van der Waals surface area contributed by atoms with Crippen LogP contribution >= 0.6 is 0 Å². The zero-order valence-corrected chi connectivity index (χ0v) is 13.1. The lowest BCUT2D eigenvalue weighted by Gasteiger charge is -2.18. The van der Waals surface area contributed by atoms with E-state index in [4.69, 9.17) is 9.47 Å². The van der Waals surface area contributed by atoms with Crippen molar-refractivity contribution in [3.63, 3.8) is 0 Å². The van der Waals surface area contributed by atoms with Crippen LogP contribution in [0.3, 0.4) is 0 Å². The highest BCUT2D eigenvalue weighted by Crippen LogP contribution is 2.31. The fourth-order valence-electron chi connectivity index (χ4n) is 2.85. The summed E-state index contributed by atoms with van der Waals surface area (Å²) >= 11 is 0. The molecule has 0 saturated carbocycles. The Morgan fingerprint density at radius 1 is 0.875 bits per heavy atom. The van der Waals surface area contributed by atoms with E-state index >= 15 is 0 Å². The third-order valence-corrected chi connectivity index (χ3v) is 4.06. The number of hydrogen-bond donors (Lipinski definition) is 0. The zero-order chi connectivity index (χ0) is 16.4. The Balaban J connectivity index is 1.62. The molecular weight excluding hydrogens is 300 g/mol. The normalized spacial score (nSPS) is 13.3. The molecule has 3 heteroatoms. The van der Waals surface area contributed by atoms with E-state index in [-0.39, 0.29) is 5.78 Å². The maximum atomic E-state index is 12.5. The van der Waals surface area contributed by atoms with Gasteiger partial charge in [-0.15, -0.1) is 0 Å². The van der Waals surface area contributed by atoms with Gasteiger partial charge in [-0.2, -0.15) is 0 Å². The molecule has 0 spiro atoms. The van der Waals surface area contributed by atoms with Gasteiger partial charge in [-0.05, 0) is 40.6 Å². The second-order valence-electron chi connectivity index (χ2n) is 5.62. The predicted molar refractivity (Wildman–Crippen MR) is 94.7 cm³/mol. The topological polar surface area (TPSA) is 35.5 Å². The summed E-state index contributed by atoms with van der Waals surface area (Å²) in [5, 5.41) is 2.29. The predicted octanol–water partition coefficient (Wildman–Crippen LogP) is 4.51. The van der Waals surface area contributed by atoms with Crippen molar-refractivity contribution in [1.82, 2.24) is 0 Å². The van der Waals surface area contributed by atoms with E-state index in [0.717, 1.165) is 16.3 Å². The van der Waals surface area contributed by atoms with Gasteiger partial charge in [0.05, 0.1) is 0 Å². The van der Waals surface area contributed by atoms with Gasteiger partial charge >= 0.3 is 0 Å². The standard InChI is InChI=1S/C21H16O3/c22-19(17-9-11-20-21(14-17)24-13-12-23-20)10-8-16-6-3-5-15-4-1-2-7-18(15)16/h1-11,14H,12-13H2/b10-8-. The monoisotopic (exact) mass is 316 g/mol. The number of ether oxygens (including phenoxy) is 2. The second kappa shape index (κ2) is 6.20. The summed E-state index contributed by atoms with van der Waals surface area (Å²) in [6, 6.07) is 19.5. The first-order chi connectivity index (χ1) is 11.8. The molecule has 0 radical (unpaired) electrons. The number of carbonyl (C=O) groups is 1. The van der Waals surface area contributed by atoms with Crippen LogP contribution in [0.15, 0.2) is 66.7 Å². The minimum absolute atomic E-state index is 0.0556. The molecule has 0 N–H and O–H groups in total. The summed E-state index contributed by atoms with van der Waals surface area (Å²) in [6.45, 7) is 1.05. The summed E-state index contributed by atoms with van der Waals surface area (Å²) in [7, 11) is 0. The lowest BCUT2D eigenvalue weighted by molar-refractivity contribution is 0.104. The molecule has 1 aliphatic heterocycles. The summed E-state index contributed by atoms with van der Waals surface area (Å²) in [6.07, 6.45) is 3.47. The van der Waals surface area contributed by atoms with Crippen LogP contribution in [0.4, 0.5) is 0 Å². The molecule has 0 saturated heterocycles. The number of ketones is 1. The molecule has 1 heterocycles. The molecule has 3 aromatic rings. The van der Waals surface area contributed by atoms with Crippen molar-refractivity contribution in [3.05, 3.63) is 77.9 Å². The van der Waals surface area contributed by atoms with Crippen molar-refractivity contribution in [2.24, 2.45) is 0 Å². The van der Waals surface area contributed by atoms with Crippen molar-refractivity contribution in [3.8, 4) is 11.5 Å². The van der Waals surface area contributed by atoms with E-state index in [1.54, 1.807) is 24.3 Å². The van der Waals surface area contributed by atoms with Crippen molar-refractivity contribution in [2.45, 2.75) is 0 Å². The molecule has 24 heavy (non-hydrogen) atoms. The number of rotatable bonds is 3. The largest absolute Gasteiger partial charge is 0.486 e. The van der Waals surface area contributed by atoms with Crippen molar-refractivity contribution < 1.29 is 14.3 Å². The molecule has 0 unspecified atom stereocenters. The highest BCUT2D eigenvalue weighted by Gasteiger charge is 2.13. The molecule has 0 bridgehead atoms. The molecule has 0 amide bonds. The fourth-order valence-corrected chi connectivity index (χ4v) is 2.85. The maximum absolute atomic E-state index is 12.5. The Kier molecular flexibility index (Phi) is 3.75. The van der Waals surface area contributed by atoms with E-state index in [1.165, 1.54) is 0 Å². The fraction of sp³-hybridized carbons (Fsp3) is 0.0952. The second-order valence-corrected chi connectivity index (χ2v) is 5.62. The summed E-state index contributed by atoms with van der Waals surface area (Å²) < 4.78 is 11.0. The first-order valence-corrected chi connectivity index (χ1v) is 7.91. The van der Waals surface area contributed by atoms with Crippen LogP contribution in [0.2, 0.25) is 0 Å². The van der Waals surface area contributed by atoms with Crippen LogP contribution in [0.1, 0.15) is 15.9 Å². The molecule has 1 aliphatic rings. The van der Waals surface area contributed by atoms with Gasteiger partial charge in [0.15, 0.2) is 17.3 Å². The van der Waals surface area contributed by atoms with Crippen LogP contribution in [-0.2, 0) is 0 Å². The number of fused-ring (bicyclic) bond motifs is 2. The van der Waals surface area contributed by atoms with E-state index in [9.17, 15) is 4.79 Å². The molecule has 0 fully saturated rings. The van der Waals surface area contributed by atoms with Gasteiger partial charge < -0.3 is 9.47 Å². The van der Waals surface area contributed by atoms with Crippen molar-refractivity contribution in [1.29, 1.82) is 0 Å². The molecule has 4 rings (SSSR count). The lowest BCUT2D eigenvalue weighted by Crippen LogP contribution is -2.15. The number of carbonyl (C=O) groups excluding carboxylic acids is 1. The van der Waals surface area contributed by atoms with Gasteiger partial charge in [0.25, 0.3) is 0 Å².